The minimum atomic E-state index is -0.449. The molecule has 0 bridgehead atoms. The molecule has 0 aliphatic heterocycles. The molecule has 2 aromatic rings. The highest BCUT2D eigenvalue weighted by molar-refractivity contribution is 5.95. The van der Waals surface area contributed by atoms with E-state index in [-0.39, 0.29) is 5.91 Å². The maximum Gasteiger partial charge on any atom is 0.244 e. The van der Waals surface area contributed by atoms with Gasteiger partial charge in [-0.25, -0.2) is 5.84 Å². The van der Waals surface area contributed by atoms with E-state index in [1.54, 1.807) is 0 Å². The Labute approximate surface area is 112 Å². The van der Waals surface area contributed by atoms with Crippen LogP contribution < -0.4 is 11.3 Å². The van der Waals surface area contributed by atoms with Gasteiger partial charge in [0.15, 0.2) is 0 Å². The van der Waals surface area contributed by atoms with Crippen molar-refractivity contribution < 1.29 is 4.79 Å². The molecule has 1 amide bonds. The molecule has 1 fully saturated rings. The zero-order chi connectivity index (χ0) is 13.3. The predicted octanol–water partition coefficient (Wildman–Crippen LogP) is 2.64. The Morgan fingerprint density at radius 2 is 1.74 bits per heavy atom. The summed E-state index contributed by atoms with van der Waals surface area (Å²) < 4.78 is 0. The number of carbonyl (C=O) groups is 1. The number of hydrazine groups is 1. The van der Waals surface area contributed by atoms with E-state index >= 15 is 0 Å². The third-order valence-corrected chi connectivity index (χ3v) is 4.33. The topological polar surface area (TPSA) is 55.1 Å². The Morgan fingerprint density at radius 3 is 2.47 bits per heavy atom. The van der Waals surface area contributed by atoms with E-state index in [1.807, 2.05) is 18.2 Å². The fraction of sp³-hybridized carbons (Fsp3) is 0.312. The van der Waals surface area contributed by atoms with Gasteiger partial charge in [0.05, 0.1) is 5.41 Å². The van der Waals surface area contributed by atoms with Crippen molar-refractivity contribution in [2.75, 3.05) is 0 Å². The summed E-state index contributed by atoms with van der Waals surface area (Å²) in [5, 5.41) is 2.34. The minimum absolute atomic E-state index is 0.0543. The summed E-state index contributed by atoms with van der Waals surface area (Å²) >= 11 is 0. The average molecular weight is 254 g/mol. The molecule has 19 heavy (non-hydrogen) atoms. The molecule has 3 nitrogen and oxygen atoms in total. The Hall–Kier alpha value is -1.87. The Balaban J connectivity index is 2.24. The molecule has 3 heteroatoms. The molecule has 0 spiro atoms. The Bertz CT molecular complexity index is 610. The van der Waals surface area contributed by atoms with Crippen LogP contribution in [0.4, 0.5) is 0 Å². The lowest BCUT2D eigenvalue weighted by Gasteiger charge is -2.28. The number of rotatable bonds is 2. The first-order valence-electron chi connectivity index (χ1n) is 6.77. The third-order valence-electron chi connectivity index (χ3n) is 4.33. The van der Waals surface area contributed by atoms with Crippen molar-refractivity contribution in [1.82, 2.24) is 5.43 Å². The van der Waals surface area contributed by atoms with E-state index in [0.717, 1.165) is 36.6 Å². The van der Waals surface area contributed by atoms with Crippen molar-refractivity contribution in [3.63, 3.8) is 0 Å². The fourth-order valence-electron chi connectivity index (χ4n) is 3.38. The van der Waals surface area contributed by atoms with Crippen LogP contribution in [0.3, 0.4) is 0 Å². The summed E-state index contributed by atoms with van der Waals surface area (Å²) in [5.41, 5.74) is 3.04. The zero-order valence-corrected chi connectivity index (χ0v) is 10.9. The third kappa shape index (κ3) is 1.81. The van der Waals surface area contributed by atoms with E-state index in [1.165, 1.54) is 5.39 Å². The molecular formula is C16H18N2O. The van der Waals surface area contributed by atoms with Crippen LogP contribution in [0.25, 0.3) is 10.8 Å². The number of hydrogen-bond acceptors (Lipinski definition) is 2. The molecule has 1 saturated carbocycles. The molecule has 0 saturated heterocycles. The van der Waals surface area contributed by atoms with Crippen molar-refractivity contribution in [2.24, 2.45) is 5.84 Å². The van der Waals surface area contributed by atoms with Crippen molar-refractivity contribution in [1.29, 1.82) is 0 Å². The SMILES string of the molecule is NNC(=O)C1(c2cccc3ccccc23)CCCC1. The van der Waals surface area contributed by atoms with Gasteiger partial charge in [0.25, 0.3) is 0 Å². The van der Waals surface area contributed by atoms with Gasteiger partial charge < -0.3 is 0 Å². The van der Waals surface area contributed by atoms with E-state index in [0.29, 0.717) is 0 Å². The first kappa shape index (κ1) is 12.2. The number of carbonyl (C=O) groups excluding carboxylic acids is 1. The van der Waals surface area contributed by atoms with Crippen molar-refractivity contribution in [2.45, 2.75) is 31.1 Å². The summed E-state index contributed by atoms with van der Waals surface area (Å²) in [6, 6.07) is 14.4. The van der Waals surface area contributed by atoms with Gasteiger partial charge in [-0.05, 0) is 29.2 Å². The van der Waals surface area contributed by atoms with Crippen LogP contribution in [0.1, 0.15) is 31.2 Å². The molecule has 1 aliphatic carbocycles. The number of nitrogens with one attached hydrogen (secondary N) is 1. The van der Waals surface area contributed by atoms with E-state index in [2.05, 4.69) is 29.7 Å². The average Bonchev–Trinajstić information content (AvgIpc) is 2.96. The molecule has 2 aromatic carbocycles. The van der Waals surface area contributed by atoms with Gasteiger partial charge >= 0.3 is 0 Å². The second-order valence-corrected chi connectivity index (χ2v) is 5.29. The highest BCUT2D eigenvalue weighted by atomic mass is 16.2. The van der Waals surface area contributed by atoms with Gasteiger partial charge in [-0.3, -0.25) is 10.2 Å². The normalized spacial score (nSPS) is 17.5. The smallest absolute Gasteiger partial charge is 0.244 e. The van der Waals surface area contributed by atoms with Crippen LogP contribution in [-0.4, -0.2) is 5.91 Å². The lowest BCUT2D eigenvalue weighted by Crippen LogP contribution is -2.45. The molecule has 0 unspecified atom stereocenters. The van der Waals surface area contributed by atoms with E-state index < -0.39 is 5.41 Å². The summed E-state index contributed by atoms with van der Waals surface area (Å²) in [4.78, 5) is 12.3. The van der Waals surface area contributed by atoms with Crippen LogP contribution in [0.15, 0.2) is 42.5 Å². The Morgan fingerprint density at radius 1 is 1.05 bits per heavy atom. The van der Waals surface area contributed by atoms with Gasteiger partial charge in [0.1, 0.15) is 0 Å². The highest BCUT2D eigenvalue weighted by Gasteiger charge is 2.43. The molecule has 3 rings (SSSR count). The number of fused-ring (bicyclic) bond motifs is 1. The molecule has 1 aliphatic rings. The van der Waals surface area contributed by atoms with Crippen molar-refractivity contribution in [3.05, 3.63) is 48.0 Å². The fourth-order valence-corrected chi connectivity index (χ4v) is 3.38. The van der Waals surface area contributed by atoms with Crippen LogP contribution >= 0.6 is 0 Å². The molecule has 3 N–H and O–H groups in total. The van der Waals surface area contributed by atoms with Crippen molar-refractivity contribution in [3.8, 4) is 0 Å². The first-order valence-corrected chi connectivity index (χ1v) is 6.77. The minimum Gasteiger partial charge on any atom is -0.293 e. The van der Waals surface area contributed by atoms with Crippen LogP contribution in [-0.2, 0) is 10.2 Å². The summed E-state index contributed by atoms with van der Waals surface area (Å²) in [7, 11) is 0. The number of benzene rings is 2. The molecule has 0 aromatic heterocycles. The lowest BCUT2D eigenvalue weighted by atomic mass is 9.76. The summed E-state index contributed by atoms with van der Waals surface area (Å²) in [5.74, 6) is 5.36. The van der Waals surface area contributed by atoms with E-state index in [9.17, 15) is 4.79 Å². The zero-order valence-electron chi connectivity index (χ0n) is 10.9. The summed E-state index contributed by atoms with van der Waals surface area (Å²) in [6.45, 7) is 0. The summed E-state index contributed by atoms with van der Waals surface area (Å²) in [6.07, 6.45) is 3.92. The molecule has 0 atom stereocenters. The van der Waals surface area contributed by atoms with Gasteiger partial charge in [-0.2, -0.15) is 0 Å². The van der Waals surface area contributed by atoms with Crippen LogP contribution in [0, 0.1) is 0 Å². The number of nitrogens with two attached hydrogens (primary N) is 1. The van der Waals surface area contributed by atoms with Gasteiger partial charge in [-0.1, -0.05) is 55.3 Å². The van der Waals surface area contributed by atoms with Gasteiger partial charge in [0.2, 0.25) is 5.91 Å². The van der Waals surface area contributed by atoms with Crippen LogP contribution in [0.2, 0.25) is 0 Å². The maximum absolute atomic E-state index is 12.3. The quantitative estimate of drug-likeness (QED) is 0.492. The lowest BCUT2D eigenvalue weighted by molar-refractivity contribution is -0.126. The second-order valence-electron chi connectivity index (χ2n) is 5.29. The largest absolute Gasteiger partial charge is 0.293 e. The standard InChI is InChI=1S/C16H18N2O/c17-18-15(19)16(10-3-4-11-16)14-9-5-7-12-6-1-2-8-13(12)14/h1-2,5-9H,3-4,10-11,17H2,(H,18,19). The second kappa shape index (κ2) is 4.67. The number of hydrogen-bond donors (Lipinski definition) is 2. The van der Waals surface area contributed by atoms with Gasteiger partial charge in [-0.15, -0.1) is 0 Å². The van der Waals surface area contributed by atoms with Gasteiger partial charge in [0, 0.05) is 0 Å². The Kier molecular flexibility index (Phi) is 2.99. The molecular weight excluding hydrogens is 236 g/mol. The molecule has 98 valence electrons. The predicted molar refractivity (Wildman–Crippen MR) is 76.4 cm³/mol. The monoisotopic (exact) mass is 254 g/mol. The van der Waals surface area contributed by atoms with E-state index in [4.69, 9.17) is 5.84 Å². The number of amides is 1. The molecule has 0 heterocycles. The van der Waals surface area contributed by atoms with Crippen molar-refractivity contribution >= 4 is 16.7 Å². The first-order chi connectivity index (χ1) is 9.28. The van der Waals surface area contributed by atoms with Crippen LogP contribution in [0.5, 0.6) is 0 Å². The molecule has 0 radical (unpaired) electrons. The highest BCUT2D eigenvalue weighted by Crippen LogP contribution is 2.43. The maximum atomic E-state index is 12.3.